The van der Waals surface area contributed by atoms with E-state index in [1.54, 1.807) is 34.9 Å². The standard InChI is InChI=1S/C23H17FN2O/c1-16-9-12-19(13-10-16)26-22(14-11-17-5-4-6-18(24)15-17)25-21-8-3-2-7-20(21)23(26)27/h2-15H,1H3. The number of para-hydroxylation sites is 1. The molecule has 0 bridgehead atoms. The molecule has 132 valence electrons. The molecular weight excluding hydrogens is 339 g/mol. The SMILES string of the molecule is Cc1ccc(-n2c(C=Cc3cccc(F)c3)nc3ccccc3c2=O)cc1. The van der Waals surface area contributed by atoms with Gasteiger partial charge >= 0.3 is 0 Å². The zero-order valence-corrected chi connectivity index (χ0v) is 14.8. The van der Waals surface area contributed by atoms with E-state index in [9.17, 15) is 9.18 Å². The highest BCUT2D eigenvalue weighted by molar-refractivity contribution is 5.80. The molecule has 0 aliphatic rings. The van der Waals surface area contributed by atoms with Crippen LogP contribution in [0, 0.1) is 12.7 Å². The van der Waals surface area contributed by atoms with Crippen LogP contribution in [0.1, 0.15) is 17.0 Å². The summed E-state index contributed by atoms with van der Waals surface area (Å²) in [5, 5.41) is 0.556. The summed E-state index contributed by atoms with van der Waals surface area (Å²) >= 11 is 0. The Bertz CT molecular complexity index is 1210. The predicted molar refractivity (Wildman–Crippen MR) is 107 cm³/mol. The maximum absolute atomic E-state index is 13.4. The van der Waals surface area contributed by atoms with E-state index in [4.69, 9.17) is 0 Å². The number of nitrogens with zero attached hydrogens (tertiary/aromatic N) is 2. The van der Waals surface area contributed by atoms with Crippen LogP contribution in [-0.4, -0.2) is 9.55 Å². The molecule has 4 heteroatoms. The molecular formula is C23H17FN2O. The predicted octanol–water partition coefficient (Wildman–Crippen LogP) is 5.00. The van der Waals surface area contributed by atoms with Crippen molar-refractivity contribution in [2.75, 3.05) is 0 Å². The Labute approximate surface area is 156 Å². The first-order chi connectivity index (χ1) is 13.1. The van der Waals surface area contributed by atoms with Crippen LogP contribution in [-0.2, 0) is 0 Å². The van der Waals surface area contributed by atoms with Gasteiger partial charge in [0.25, 0.3) is 5.56 Å². The van der Waals surface area contributed by atoms with E-state index >= 15 is 0 Å². The minimum absolute atomic E-state index is 0.136. The molecule has 0 saturated heterocycles. The minimum atomic E-state index is -0.306. The molecule has 3 aromatic carbocycles. The molecule has 0 amide bonds. The van der Waals surface area contributed by atoms with Crippen LogP contribution in [0.4, 0.5) is 4.39 Å². The summed E-state index contributed by atoms with van der Waals surface area (Å²) in [7, 11) is 0. The number of aromatic nitrogens is 2. The van der Waals surface area contributed by atoms with Crippen molar-refractivity contribution < 1.29 is 4.39 Å². The van der Waals surface area contributed by atoms with Crippen LogP contribution in [0.5, 0.6) is 0 Å². The highest BCUT2D eigenvalue weighted by Gasteiger charge is 2.10. The lowest BCUT2D eigenvalue weighted by Crippen LogP contribution is -2.22. The van der Waals surface area contributed by atoms with Gasteiger partial charge in [0.2, 0.25) is 0 Å². The zero-order chi connectivity index (χ0) is 18.8. The van der Waals surface area contributed by atoms with E-state index < -0.39 is 0 Å². The van der Waals surface area contributed by atoms with E-state index in [0.717, 1.165) is 11.3 Å². The summed E-state index contributed by atoms with van der Waals surface area (Å²) in [5.74, 6) is 0.186. The summed E-state index contributed by atoms with van der Waals surface area (Å²) in [5.41, 5.74) is 3.04. The fourth-order valence-electron chi connectivity index (χ4n) is 2.99. The highest BCUT2D eigenvalue weighted by Crippen LogP contribution is 2.16. The van der Waals surface area contributed by atoms with E-state index in [0.29, 0.717) is 22.3 Å². The van der Waals surface area contributed by atoms with Crippen LogP contribution >= 0.6 is 0 Å². The smallest absolute Gasteiger partial charge is 0.266 e. The largest absolute Gasteiger partial charge is 0.268 e. The zero-order valence-electron chi connectivity index (χ0n) is 14.8. The third kappa shape index (κ3) is 3.42. The van der Waals surface area contributed by atoms with Crippen molar-refractivity contribution in [1.82, 2.24) is 9.55 Å². The maximum Gasteiger partial charge on any atom is 0.266 e. The topological polar surface area (TPSA) is 34.9 Å². The van der Waals surface area contributed by atoms with Gasteiger partial charge in [-0.1, -0.05) is 48.0 Å². The van der Waals surface area contributed by atoms with Crippen molar-refractivity contribution in [1.29, 1.82) is 0 Å². The molecule has 0 aliphatic carbocycles. The third-order valence-electron chi connectivity index (χ3n) is 4.37. The highest BCUT2D eigenvalue weighted by atomic mass is 19.1. The van der Waals surface area contributed by atoms with Gasteiger partial charge in [-0.2, -0.15) is 0 Å². The number of rotatable bonds is 3. The monoisotopic (exact) mass is 356 g/mol. The summed E-state index contributed by atoms with van der Waals surface area (Å²) in [4.78, 5) is 17.8. The van der Waals surface area contributed by atoms with Crippen molar-refractivity contribution in [3.63, 3.8) is 0 Å². The summed E-state index contributed by atoms with van der Waals surface area (Å²) in [6, 6.07) is 21.3. The average Bonchev–Trinajstić information content (AvgIpc) is 2.68. The normalized spacial score (nSPS) is 11.3. The molecule has 27 heavy (non-hydrogen) atoms. The van der Waals surface area contributed by atoms with Crippen LogP contribution in [0.15, 0.2) is 77.6 Å². The molecule has 4 rings (SSSR count). The molecule has 0 unspecified atom stereocenters. The fourth-order valence-corrected chi connectivity index (χ4v) is 2.99. The van der Waals surface area contributed by atoms with Gasteiger partial charge in [0.15, 0.2) is 0 Å². The molecule has 4 aromatic rings. The van der Waals surface area contributed by atoms with Crippen LogP contribution in [0.25, 0.3) is 28.7 Å². The Morgan fingerprint density at radius 3 is 2.48 bits per heavy atom. The number of benzene rings is 3. The van der Waals surface area contributed by atoms with Crippen LogP contribution < -0.4 is 5.56 Å². The molecule has 0 spiro atoms. The molecule has 1 heterocycles. The van der Waals surface area contributed by atoms with Gasteiger partial charge in [-0.15, -0.1) is 0 Å². The molecule has 0 radical (unpaired) electrons. The lowest BCUT2D eigenvalue weighted by atomic mass is 10.2. The van der Waals surface area contributed by atoms with Gasteiger partial charge in [0.1, 0.15) is 11.6 Å². The lowest BCUT2D eigenvalue weighted by molar-refractivity contribution is 0.627. The van der Waals surface area contributed by atoms with Gasteiger partial charge in [-0.25, -0.2) is 9.37 Å². The van der Waals surface area contributed by atoms with Gasteiger partial charge < -0.3 is 0 Å². The fraction of sp³-hybridized carbons (Fsp3) is 0.0435. The lowest BCUT2D eigenvalue weighted by Gasteiger charge is -2.11. The van der Waals surface area contributed by atoms with E-state index in [-0.39, 0.29) is 11.4 Å². The average molecular weight is 356 g/mol. The second kappa shape index (κ2) is 7.00. The van der Waals surface area contributed by atoms with Crippen LogP contribution in [0.3, 0.4) is 0 Å². The number of hydrogen-bond donors (Lipinski definition) is 0. The summed E-state index contributed by atoms with van der Waals surface area (Å²) in [6.45, 7) is 2.00. The number of halogens is 1. The molecule has 0 saturated carbocycles. The van der Waals surface area contributed by atoms with E-state index in [1.807, 2.05) is 49.4 Å². The third-order valence-corrected chi connectivity index (χ3v) is 4.37. The first-order valence-corrected chi connectivity index (χ1v) is 8.64. The summed E-state index contributed by atoms with van der Waals surface area (Å²) in [6.07, 6.45) is 3.49. The maximum atomic E-state index is 13.4. The van der Waals surface area contributed by atoms with Gasteiger partial charge in [0.05, 0.1) is 16.6 Å². The van der Waals surface area contributed by atoms with Gasteiger partial charge in [-0.05, 0) is 55.0 Å². The number of fused-ring (bicyclic) bond motifs is 1. The molecule has 0 aliphatic heterocycles. The Kier molecular flexibility index (Phi) is 4.38. The van der Waals surface area contributed by atoms with Crippen molar-refractivity contribution in [3.8, 4) is 5.69 Å². The Morgan fingerprint density at radius 2 is 1.70 bits per heavy atom. The minimum Gasteiger partial charge on any atom is -0.268 e. The van der Waals surface area contributed by atoms with Crippen molar-refractivity contribution in [2.24, 2.45) is 0 Å². The van der Waals surface area contributed by atoms with Gasteiger partial charge in [-0.3, -0.25) is 9.36 Å². The van der Waals surface area contributed by atoms with Crippen molar-refractivity contribution >= 4 is 23.1 Å². The van der Waals surface area contributed by atoms with Gasteiger partial charge in [0, 0.05) is 0 Å². The molecule has 0 atom stereocenters. The Morgan fingerprint density at radius 1 is 0.926 bits per heavy atom. The van der Waals surface area contributed by atoms with E-state index in [1.165, 1.54) is 12.1 Å². The molecule has 1 aromatic heterocycles. The molecule has 0 fully saturated rings. The van der Waals surface area contributed by atoms with Crippen molar-refractivity contribution in [3.05, 3.63) is 106 Å². The van der Waals surface area contributed by atoms with E-state index in [2.05, 4.69) is 4.98 Å². The number of aryl methyl sites for hydroxylation is 1. The second-order valence-corrected chi connectivity index (χ2v) is 6.35. The molecule has 0 N–H and O–H groups in total. The Hall–Kier alpha value is -3.53. The van der Waals surface area contributed by atoms with Crippen molar-refractivity contribution in [2.45, 2.75) is 6.92 Å². The first-order valence-electron chi connectivity index (χ1n) is 8.64. The first kappa shape index (κ1) is 16.9. The number of hydrogen-bond acceptors (Lipinski definition) is 2. The van der Waals surface area contributed by atoms with Crippen LogP contribution in [0.2, 0.25) is 0 Å². The second-order valence-electron chi connectivity index (χ2n) is 6.35. The quantitative estimate of drug-likeness (QED) is 0.517. The molecule has 3 nitrogen and oxygen atoms in total. The Balaban J connectivity index is 1.93. The summed E-state index contributed by atoms with van der Waals surface area (Å²) < 4.78 is 15.0.